The summed E-state index contributed by atoms with van der Waals surface area (Å²) in [6, 6.07) is 0. The topological polar surface area (TPSA) is 61.8 Å². The minimum Gasteiger partial charge on any atom is -0.370 e. The molecule has 0 aromatic carbocycles. The number of likely N-dealkylation sites (N-methyl/N-ethyl adjacent to an activating group) is 1. The molecular formula is C17H27N5O2. The van der Waals surface area contributed by atoms with Crippen LogP contribution >= 0.6 is 0 Å². The minimum absolute atomic E-state index is 0.140. The average Bonchev–Trinajstić information content (AvgIpc) is 2.55. The molecule has 0 bridgehead atoms. The van der Waals surface area contributed by atoms with Crippen LogP contribution in [0.4, 0.5) is 5.95 Å². The van der Waals surface area contributed by atoms with Crippen molar-refractivity contribution in [3.63, 3.8) is 0 Å². The van der Waals surface area contributed by atoms with Crippen LogP contribution in [0.15, 0.2) is 12.4 Å². The molecule has 2 saturated heterocycles. The quantitative estimate of drug-likeness (QED) is 0.805. The Morgan fingerprint density at radius 3 is 2.75 bits per heavy atom. The minimum atomic E-state index is -0.225. The van der Waals surface area contributed by atoms with Gasteiger partial charge in [0.1, 0.15) is 0 Å². The van der Waals surface area contributed by atoms with Crippen molar-refractivity contribution in [1.82, 2.24) is 19.8 Å². The third-order valence-corrected chi connectivity index (χ3v) is 4.77. The lowest BCUT2D eigenvalue weighted by atomic mass is 9.90. The maximum atomic E-state index is 12.0. The Hall–Kier alpha value is -1.73. The lowest BCUT2D eigenvalue weighted by Gasteiger charge is -2.48. The molecule has 2 aliphatic heterocycles. The highest BCUT2D eigenvalue weighted by molar-refractivity contribution is 5.77. The number of likely N-dealkylation sites (tertiary alicyclic amines) is 1. The summed E-state index contributed by atoms with van der Waals surface area (Å²) in [5.74, 6) is 0.909. The molecule has 0 unspecified atom stereocenters. The van der Waals surface area contributed by atoms with Gasteiger partial charge < -0.3 is 14.5 Å². The number of carbonyl (C=O) groups excluding carboxylic acids is 1. The van der Waals surface area contributed by atoms with Crippen LogP contribution < -0.4 is 4.90 Å². The van der Waals surface area contributed by atoms with Gasteiger partial charge in [-0.1, -0.05) is 0 Å². The molecule has 1 spiro atoms. The summed E-state index contributed by atoms with van der Waals surface area (Å²) >= 11 is 0. The smallest absolute Gasteiger partial charge is 0.236 e. The van der Waals surface area contributed by atoms with Crippen molar-refractivity contribution in [2.24, 2.45) is 0 Å². The fourth-order valence-electron chi connectivity index (χ4n) is 3.47. The van der Waals surface area contributed by atoms with Crippen LogP contribution in [-0.4, -0.2) is 84.7 Å². The van der Waals surface area contributed by atoms with Gasteiger partial charge in [0.05, 0.1) is 25.3 Å². The van der Waals surface area contributed by atoms with Crippen molar-refractivity contribution in [3.05, 3.63) is 18.0 Å². The molecule has 3 heterocycles. The van der Waals surface area contributed by atoms with E-state index in [2.05, 4.69) is 19.8 Å². The van der Waals surface area contributed by atoms with E-state index in [1.54, 1.807) is 19.0 Å². The molecule has 0 radical (unpaired) electrons. The predicted molar refractivity (Wildman–Crippen MR) is 92.0 cm³/mol. The number of hydrogen-bond donors (Lipinski definition) is 0. The third-order valence-electron chi connectivity index (χ3n) is 4.77. The van der Waals surface area contributed by atoms with Gasteiger partial charge >= 0.3 is 0 Å². The Morgan fingerprint density at radius 1 is 1.29 bits per heavy atom. The summed E-state index contributed by atoms with van der Waals surface area (Å²) in [7, 11) is 3.60. The highest BCUT2D eigenvalue weighted by Crippen LogP contribution is 2.30. The van der Waals surface area contributed by atoms with Gasteiger partial charge in [0.25, 0.3) is 0 Å². The maximum absolute atomic E-state index is 12.0. The SMILES string of the molecule is Cc1cnc(N2CCO[C@@]3(CCCN(CC(=O)N(C)C)C3)C2)nc1. The number of amides is 1. The number of rotatable bonds is 3. The van der Waals surface area contributed by atoms with Crippen molar-refractivity contribution >= 4 is 11.9 Å². The average molecular weight is 333 g/mol. The van der Waals surface area contributed by atoms with E-state index in [0.717, 1.165) is 50.5 Å². The summed E-state index contributed by atoms with van der Waals surface area (Å²) in [4.78, 5) is 27.0. The van der Waals surface area contributed by atoms with Crippen LogP contribution in [0.1, 0.15) is 18.4 Å². The van der Waals surface area contributed by atoms with E-state index in [1.807, 2.05) is 19.3 Å². The first-order valence-corrected chi connectivity index (χ1v) is 8.57. The first-order valence-electron chi connectivity index (χ1n) is 8.57. The number of aromatic nitrogens is 2. The molecule has 0 saturated carbocycles. The van der Waals surface area contributed by atoms with Gasteiger partial charge in [-0.2, -0.15) is 0 Å². The Morgan fingerprint density at radius 2 is 2.04 bits per heavy atom. The summed E-state index contributed by atoms with van der Waals surface area (Å²) < 4.78 is 6.19. The predicted octanol–water partition coefficient (Wildman–Crippen LogP) is 0.544. The second kappa shape index (κ2) is 7.03. The van der Waals surface area contributed by atoms with E-state index in [4.69, 9.17) is 4.74 Å². The van der Waals surface area contributed by atoms with Crippen molar-refractivity contribution in [3.8, 4) is 0 Å². The molecule has 3 rings (SSSR count). The van der Waals surface area contributed by atoms with Crippen molar-refractivity contribution in [2.75, 3.05) is 58.3 Å². The zero-order valence-electron chi connectivity index (χ0n) is 14.9. The molecule has 2 aliphatic rings. The van der Waals surface area contributed by atoms with Crippen LogP contribution in [0.3, 0.4) is 0 Å². The van der Waals surface area contributed by atoms with Crippen LogP contribution in [-0.2, 0) is 9.53 Å². The highest BCUT2D eigenvalue weighted by Gasteiger charge is 2.41. The van der Waals surface area contributed by atoms with Gasteiger partial charge in [0.15, 0.2) is 0 Å². The fourth-order valence-corrected chi connectivity index (χ4v) is 3.47. The normalized spacial score (nSPS) is 25.0. The summed E-state index contributed by atoms with van der Waals surface area (Å²) in [5.41, 5.74) is 0.838. The second-order valence-electron chi connectivity index (χ2n) is 7.12. The zero-order chi connectivity index (χ0) is 17.2. The van der Waals surface area contributed by atoms with Gasteiger partial charge in [-0.15, -0.1) is 0 Å². The maximum Gasteiger partial charge on any atom is 0.236 e. The molecule has 24 heavy (non-hydrogen) atoms. The molecule has 1 aromatic rings. The molecule has 132 valence electrons. The number of hydrogen-bond acceptors (Lipinski definition) is 6. The summed E-state index contributed by atoms with van der Waals surface area (Å²) in [6.07, 6.45) is 5.77. The molecule has 1 atom stereocenters. The van der Waals surface area contributed by atoms with Crippen LogP contribution in [0.2, 0.25) is 0 Å². The summed E-state index contributed by atoms with van der Waals surface area (Å²) in [6.45, 7) is 6.45. The number of morpholine rings is 1. The Labute approximate surface area is 143 Å². The molecule has 7 nitrogen and oxygen atoms in total. The Balaban J connectivity index is 1.67. The Kier molecular flexibility index (Phi) is 5.01. The van der Waals surface area contributed by atoms with Crippen molar-refractivity contribution < 1.29 is 9.53 Å². The molecule has 2 fully saturated rings. The van der Waals surface area contributed by atoms with E-state index in [1.165, 1.54) is 0 Å². The number of nitrogens with zero attached hydrogens (tertiary/aromatic N) is 5. The first kappa shape index (κ1) is 17.1. The molecule has 7 heteroatoms. The summed E-state index contributed by atoms with van der Waals surface area (Å²) in [5, 5.41) is 0. The van der Waals surface area contributed by atoms with E-state index < -0.39 is 0 Å². The van der Waals surface area contributed by atoms with Gasteiger partial charge in [-0.05, 0) is 31.9 Å². The van der Waals surface area contributed by atoms with Crippen LogP contribution in [0.25, 0.3) is 0 Å². The number of carbonyl (C=O) groups is 1. The van der Waals surface area contributed by atoms with Gasteiger partial charge in [-0.3, -0.25) is 9.69 Å². The molecular weight excluding hydrogens is 306 g/mol. The van der Waals surface area contributed by atoms with E-state index >= 15 is 0 Å². The molecule has 0 N–H and O–H groups in total. The zero-order valence-corrected chi connectivity index (χ0v) is 14.9. The van der Waals surface area contributed by atoms with Gasteiger partial charge in [0.2, 0.25) is 11.9 Å². The van der Waals surface area contributed by atoms with E-state index in [-0.39, 0.29) is 11.5 Å². The molecule has 0 aliphatic carbocycles. The standard InChI is InChI=1S/C17H27N5O2/c1-14-9-18-16(19-10-14)22-7-8-24-17(13-22)5-4-6-21(12-17)11-15(23)20(2)3/h9-10H,4-8,11-13H2,1-3H3/t17-/m1/s1. The fraction of sp³-hybridized carbons (Fsp3) is 0.706. The number of anilines is 1. The Bertz CT molecular complexity index is 573. The number of ether oxygens (including phenoxy) is 1. The van der Waals surface area contributed by atoms with Gasteiger partial charge in [0, 0.05) is 39.6 Å². The van der Waals surface area contributed by atoms with E-state index in [9.17, 15) is 4.79 Å². The molecule has 1 amide bonds. The van der Waals surface area contributed by atoms with Crippen LogP contribution in [0, 0.1) is 6.92 Å². The lowest BCUT2D eigenvalue weighted by molar-refractivity contribution is -0.134. The number of piperidine rings is 1. The molecule has 1 aromatic heterocycles. The van der Waals surface area contributed by atoms with E-state index in [0.29, 0.717) is 13.2 Å². The monoisotopic (exact) mass is 333 g/mol. The number of aryl methyl sites for hydroxylation is 1. The van der Waals surface area contributed by atoms with Gasteiger partial charge in [-0.25, -0.2) is 9.97 Å². The largest absolute Gasteiger partial charge is 0.370 e. The van der Waals surface area contributed by atoms with Crippen LogP contribution in [0.5, 0.6) is 0 Å². The van der Waals surface area contributed by atoms with Crippen molar-refractivity contribution in [1.29, 1.82) is 0 Å². The second-order valence-corrected chi connectivity index (χ2v) is 7.12. The first-order chi connectivity index (χ1) is 11.5. The highest BCUT2D eigenvalue weighted by atomic mass is 16.5. The third kappa shape index (κ3) is 3.84. The lowest BCUT2D eigenvalue weighted by Crippen LogP contribution is -2.60. The van der Waals surface area contributed by atoms with Crippen molar-refractivity contribution in [2.45, 2.75) is 25.4 Å².